The van der Waals surface area contributed by atoms with Gasteiger partial charge in [0.25, 0.3) is 0 Å². The minimum absolute atomic E-state index is 0. The first-order valence-corrected chi connectivity index (χ1v) is 9.61. The van der Waals surface area contributed by atoms with Crippen molar-refractivity contribution in [1.82, 2.24) is 9.62 Å². The van der Waals surface area contributed by atoms with Crippen molar-refractivity contribution in [2.45, 2.75) is 30.6 Å². The molecular formula is C18H27ClN2O2S. The van der Waals surface area contributed by atoms with Gasteiger partial charge in [0.2, 0.25) is 10.0 Å². The molecule has 0 aliphatic heterocycles. The van der Waals surface area contributed by atoms with Crippen molar-refractivity contribution in [2.75, 3.05) is 27.2 Å². The summed E-state index contributed by atoms with van der Waals surface area (Å²) in [6.07, 6.45) is 4.21. The molecule has 0 spiro atoms. The van der Waals surface area contributed by atoms with E-state index in [2.05, 4.69) is 23.7 Å². The normalized spacial score (nSPS) is 11.6. The standard InChI is InChI=1S/C18H26N2O2S.ClH/c1-20(2)15-8-4-3-7-14-19-23(21,22)18-13-9-11-16-10-5-6-12-17(16)18;/h5-6,9-13,19H,3-4,7-8,14-15H2,1-2H3;1H. The Morgan fingerprint density at radius 2 is 1.58 bits per heavy atom. The highest BCUT2D eigenvalue weighted by Gasteiger charge is 2.16. The summed E-state index contributed by atoms with van der Waals surface area (Å²) in [7, 11) is 0.684. The van der Waals surface area contributed by atoms with Crippen LogP contribution in [0.25, 0.3) is 10.8 Å². The topological polar surface area (TPSA) is 49.4 Å². The Labute approximate surface area is 151 Å². The summed E-state index contributed by atoms with van der Waals surface area (Å²) in [5, 5.41) is 1.72. The van der Waals surface area contributed by atoms with Crippen LogP contribution in [0.4, 0.5) is 0 Å². The second kappa shape index (κ2) is 9.99. The first-order chi connectivity index (χ1) is 11.0. The van der Waals surface area contributed by atoms with Crippen LogP contribution < -0.4 is 4.72 Å². The van der Waals surface area contributed by atoms with Gasteiger partial charge < -0.3 is 4.90 Å². The molecule has 0 amide bonds. The molecule has 0 aliphatic carbocycles. The maximum Gasteiger partial charge on any atom is 0.241 e. The second-order valence-electron chi connectivity index (χ2n) is 6.09. The van der Waals surface area contributed by atoms with E-state index in [0.717, 1.165) is 43.0 Å². The van der Waals surface area contributed by atoms with Gasteiger partial charge in [-0.05, 0) is 44.9 Å². The average Bonchev–Trinajstić information content (AvgIpc) is 2.53. The van der Waals surface area contributed by atoms with Crippen LogP contribution in [0, 0.1) is 0 Å². The molecule has 2 aromatic rings. The van der Waals surface area contributed by atoms with Crippen molar-refractivity contribution in [2.24, 2.45) is 0 Å². The highest BCUT2D eigenvalue weighted by Crippen LogP contribution is 2.22. The van der Waals surface area contributed by atoms with Crippen LogP contribution in [0.5, 0.6) is 0 Å². The Hall–Kier alpha value is -1.14. The Balaban J connectivity index is 0.00000288. The molecule has 0 heterocycles. The quantitative estimate of drug-likeness (QED) is 0.685. The Kier molecular flexibility index (Phi) is 8.70. The lowest BCUT2D eigenvalue weighted by Gasteiger charge is -2.10. The number of hydrogen-bond donors (Lipinski definition) is 1. The molecule has 6 heteroatoms. The maximum atomic E-state index is 12.5. The van der Waals surface area contributed by atoms with E-state index in [9.17, 15) is 8.42 Å². The molecule has 0 radical (unpaired) electrons. The number of benzene rings is 2. The fourth-order valence-corrected chi connectivity index (χ4v) is 3.92. The van der Waals surface area contributed by atoms with Crippen molar-refractivity contribution in [3.8, 4) is 0 Å². The highest BCUT2D eigenvalue weighted by atomic mass is 35.5. The lowest BCUT2D eigenvalue weighted by Crippen LogP contribution is -2.25. The van der Waals surface area contributed by atoms with E-state index in [1.54, 1.807) is 12.1 Å². The number of sulfonamides is 1. The number of unbranched alkanes of at least 4 members (excludes halogenated alkanes) is 3. The van der Waals surface area contributed by atoms with Gasteiger partial charge in [-0.2, -0.15) is 0 Å². The molecule has 0 bridgehead atoms. The van der Waals surface area contributed by atoms with Gasteiger partial charge in [-0.3, -0.25) is 0 Å². The first kappa shape index (κ1) is 20.9. The van der Waals surface area contributed by atoms with Crippen LogP contribution in [0.3, 0.4) is 0 Å². The lowest BCUT2D eigenvalue weighted by molar-refractivity contribution is 0.390. The van der Waals surface area contributed by atoms with E-state index in [0.29, 0.717) is 11.4 Å². The molecule has 1 N–H and O–H groups in total. The number of halogens is 1. The van der Waals surface area contributed by atoms with Gasteiger partial charge in [-0.15, -0.1) is 12.4 Å². The Bertz CT molecular complexity index is 727. The first-order valence-electron chi connectivity index (χ1n) is 8.13. The fraction of sp³-hybridized carbons (Fsp3) is 0.444. The van der Waals surface area contributed by atoms with Gasteiger partial charge in [-0.25, -0.2) is 13.1 Å². The van der Waals surface area contributed by atoms with E-state index in [1.807, 2.05) is 30.3 Å². The predicted molar refractivity (Wildman–Crippen MR) is 103 cm³/mol. The summed E-state index contributed by atoms with van der Waals surface area (Å²) in [5.74, 6) is 0. The highest BCUT2D eigenvalue weighted by molar-refractivity contribution is 7.89. The molecule has 0 aromatic heterocycles. The average molecular weight is 371 g/mol. The Morgan fingerprint density at radius 3 is 2.33 bits per heavy atom. The van der Waals surface area contributed by atoms with Crippen molar-refractivity contribution in [1.29, 1.82) is 0 Å². The maximum absolute atomic E-state index is 12.5. The van der Waals surface area contributed by atoms with Crippen LogP contribution in [0.2, 0.25) is 0 Å². The van der Waals surface area contributed by atoms with Gasteiger partial charge in [0.05, 0.1) is 4.90 Å². The van der Waals surface area contributed by atoms with E-state index >= 15 is 0 Å². The number of rotatable bonds is 9. The molecular weight excluding hydrogens is 344 g/mol. The van der Waals surface area contributed by atoms with Crippen LogP contribution >= 0.6 is 12.4 Å². The molecule has 0 saturated heterocycles. The third-order valence-electron chi connectivity index (χ3n) is 3.86. The number of nitrogens with zero attached hydrogens (tertiary/aromatic N) is 1. The zero-order chi connectivity index (χ0) is 16.7. The second-order valence-corrected chi connectivity index (χ2v) is 7.83. The molecule has 2 aromatic carbocycles. The molecule has 2 rings (SSSR count). The van der Waals surface area contributed by atoms with Crippen molar-refractivity contribution < 1.29 is 8.42 Å². The smallest absolute Gasteiger partial charge is 0.241 e. The summed E-state index contributed by atoms with van der Waals surface area (Å²) < 4.78 is 27.7. The number of nitrogens with one attached hydrogen (secondary N) is 1. The van der Waals surface area contributed by atoms with Gasteiger partial charge in [0, 0.05) is 11.9 Å². The van der Waals surface area contributed by atoms with Gasteiger partial charge in [0.1, 0.15) is 0 Å². The van der Waals surface area contributed by atoms with E-state index in [4.69, 9.17) is 0 Å². The van der Waals surface area contributed by atoms with Gasteiger partial charge in [0.15, 0.2) is 0 Å². The monoisotopic (exact) mass is 370 g/mol. The summed E-state index contributed by atoms with van der Waals surface area (Å²) in [6.45, 7) is 1.58. The van der Waals surface area contributed by atoms with Crippen molar-refractivity contribution >= 4 is 33.2 Å². The third kappa shape index (κ3) is 6.06. The minimum Gasteiger partial charge on any atom is -0.309 e. The minimum atomic E-state index is -3.45. The van der Waals surface area contributed by atoms with E-state index < -0.39 is 10.0 Å². The largest absolute Gasteiger partial charge is 0.309 e. The fourth-order valence-electron chi connectivity index (χ4n) is 2.62. The predicted octanol–water partition coefficient (Wildman–Crippen LogP) is 3.66. The van der Waals surface area contributed by atoms with Crippen molar-refractivity contribution in [3.05, 3.63) is 42.5 Å². The molecule has 0 atom stereocenters. The SMILES string of the molecule is CN(C)CCCCCCNS(=O)(=O)c1cccc2ccccc12.Cl. The third-order valence-corrected chi connectivity index (χ3v) is 5.38. The summed E-state index contributed by atoms with van der Waals surface area (Å²) in [6, 6.07) is 13.0. The molecule has 134 valence electrons. The zero-order valence-electron chi connectivity index (χ0n) is 14.4. The Morgan fingerprint density at radius 1 is 0.917 bits per heavy atom. The molecule has 0 aliphatic rings. The van der Waals surface area contributed by atoms with Gasteiger partial charge >= 0.3 is 0 Å². The molecule has 0 fully saturated rings. The summed E-state index contributed by atoms with van der Waals surface area (Å²) in [5.41, 5.74) is 0. The lowest BCUT2D eigenvalue weighted by atomic mass is 10.1. The van der Waals surface area contributed by atoms with Gasteiger partial charge in [-0.1, -0.05) is 49.2 Å². The number of fused-ring (bicyclic) bond motifs is 1. The van der Waals surface area contributed by atoms with Crippen LogP contribution in [-0.4, -0.2) is 40.5 Å². The van der Waals surface area contributed by atoms with Crippen LogP contribution in [0.15, 0.2) is 47.4 Å². The van der Waals surface area contributed by atoms with Crippen LogP contribution in [-0.2, 0) is 10.0 Å². The summed E-state index contributed by atoms with van der Waals surface area (Å²) in [4.78, 5) is 2.53. The molecule has 0 unspecified atom stereocenters. The summed E-state index contributed by atoms with van der Waals surface area (Å²) >= 11 is 0. The van der Waals surface area contributed by atoms with E-state index in [-0.39, 0.29) is 12.4 Å². The molecule has 24 heavy (non-hydrogen) atoms. The van der Waals surface area contributed by atoms with Crippen molar-refractivity contribution in [3.63, 3.8) is 0 Å². The van der Waals surface area contributed by atoms with Crippen LogP contribution in [0.1, 0.15) is 25.7 Å². The molecule has 4 nitrogen and oxygen atoms in total. The number of hydrogen-bond acceptors (Lipinski definition) is 3. The zero-order valence-corrected chi connectivity index (χ0v) is 16.0. The molecule has 0 saturated carbocycles. The van der Waals surface area contributed by atoms with E-state index in [1.165, 1.54) is 0 Å².